The molecule has 2 aromatic carbocycles. The first kappa shape index (κ1) is 14.0. The molecule has 1 unspecified atom stereocenters. The molecular weight excluding hydrogens is 260 g/mol. The Bertz CT molecular complexity index is 547. The van der Waals surface area contributed by atoms with Crippen LogP contribution in [0.3, 0.4) is 0 Å². The minimum absolute atomic E-state index is 0.306. The zero-order valence-corrected chi connectivity index (χ0v) is 12.5. The van der Waals surface area contributed by atoms with Crippen LogP contribution < -0.4 is 10.2 Å². The lowest BCUT2D eigenvalue weighted by Gasteiger charge is -2.29. The molecule has 0 aliphatic carbocycles. The second-order valence-corrected chi connectivity index (χ2v) is 5.42. The topological polar surface area (TPSA) is 24.5 Å². The van der Waals surface area contributed by atoms with Crippen molar-refractivity contribution in [2.24, 2.45) is 0 Å². The summed E-state index contributed by atoms with van der Waals surface area (Å²) in [4.78, 5) is 2.37. The Morgan fingerprint density at radius 1 is 0.952 bits per heavy atom. The first-order chi connectivity index (χ1) is 10.3. The molecule has 0 aromatic heterocycles. The Morgan fingerprint density at radius 2 is 1.62 bits per heavy atom. The predicted molar refractivity (Wildman–Crippen MR) is 88.0 cm³/mol. The van der Waals surface area contributed by atoms with E-state index in [-0.39, 0.29) is 0 Å². The largest absolute Gasteiger partial charge is 0.379 e. The highest BCUT2D eigenvalue weighted by Gasteiger charge is 2.11. The zero-order valence-electron chi connectivity index (χ0n) is 12.5. The molecule has 1 aliphatic heterocycles. The second kappa shape index (κ2) is 6.64. The monoisotopic (exact) mass is 282 g/mol. The van der Waals surface area contributed by atoms with Crippen LogP contribution in [0.4, 0.5) is 11.4 Å². The molecule has 0 radical (unpaired) electrons. The van der Waals surface area contributed by atoms with E-state index in [2.05, 4.69) is 65.7 Å². The van der Waals surface area contributed by atoms with Gasteiger partial charge in [-0.25, -0.2) is 0 Å². The summed E-state index contributed by atoms with van der Waals surface area (Å²) in [6.45, 7) is 5.79. The Labute approximate surface area is 126 Å². The van der Waals surface area contributed by atoms with Crippen molar-refractivity contribution in [1.82, 2.24) is 0 Å². The predicted octanol–water partition coefficient (Wildman–Crippen LogP) is 3.70. The highest BCUT2D eigenvalue weighted by Crippen LogP contribution is 2.22. The quantitative estimate of drug-likeness (QED) is 0.925. The van der Waals surface area contributed by atoms with Crippen LogP contribution >= 0.6 is 0 Å². The number of nitrogens with one attached hydrogen (secondary N) is 1. The molecule has 2 aromatic rings. The molecule has 0 bridgehead atoms. The van der Waals surface area contributed by atoms with Crippen LogP contribution in [0, 0.1) is 0 Å². The fraction of sp³-hybridized carbons (Fsp3) is 0.333. The molecule has 0 amide bonds. The van der Waals surface area contributed by atoms with Gasteiger partial charge in [-0.05, 0) is 36.8 Å². The Morgan fingerprint density at radius 3 is 2.29 bits per heavy atom. The molecule has 110 valence electrons. The van der Waals surface area contributed by atoms with E-state index >= 15 is 0 Å². The second-order valence-electron chi connectivity index (χ2n) is 5.42. The molecule has 3 rings (SSSR count). The summed E-state index contributed by atoms with van der Waals surface area (Å²) >= 11 is 0. The third-order valence-electron chi connectivity index (χ3n) is 3.93. The summed E-state index contributed by atoms with van der Waals surface area (Å²) in [5.41, 5.74) is 3.73. The van der Waals surface area contributed by atoms with E-state index in [0.717, 1.165) is 32.0 Å². The molecule has 21 heavy (non-hydrogen) atoms. The van der Waals surface area contributed by atoms with Crippen LogP contribution in [0.25, 0.3) is 0 Å². The van der Waals surface area contributed by atoms with Crippen molar-refractivity contribution in [3.63, 3.8) is 0 Å². The minimum atomic E-state index is 0.306. The standard InChI is InChI=1S/C18H22N2O/c1-15(16-5-3-2-4-6-16)19-17-7-9-18(10-8-17)20-11-13-21-14-12-20/h2-10,15,19H,11-14H2,1H3. The highest BCUT2D eigenvalue weighted by atomic mass is 16.5. The number of ether oxygens (including phenoxy) is 1. The maximum absolute atomic E-state index is 5.39. The fourth-order valence-electron chi connectivity index (χ4n) is 2.67. The molecular formula is C18H22N2O. The van der Waals surface area contributed by atoms with E-state index in [1.165, 1.54) is 11.3 Å². The normalized spacial score (nSPS) is 16.5. The van der Waals surface area contributed by atoms with Gasteiger partial charge in [0.2, 0.25) is 0 Å². The first-order valence-corrected chi connectivity index (χ1v) is 7.57. The summed E-state index contributed by atoms with van der Waals surface area (Å²) in [6.07, 6.45) is 0. The van der Waals surface area contributed by atoms with Crippen LogP contribution in [0.2, 0.25) is 0 Å². The lowest BCUT2D eigenvalue weighted by molar-refractivity contribution is 0.122. The van der Waals surface area contributed by atoms with Crippen molar-refractivity contribution >= 4 is 11.4 Å². The van der Waals surface area contributed by atoms with Crippen molar-refractivity contribution in [2.75, 3.05) is 36.5 Å². The Balaban J connectivity index is 1.64. The van der Waals surface area contributed by atoms with Gasteiger partial charge in [0, 0.05) is 30.5 Å². The van der Waals surface area contributed by atoms with Crippen LogP contribution in [0.15, 0.2) is 54.6 Å². The Kier molecular flexibility index (Phi) is 4.41. The van der Waals surface area contributed by atoms with Gasteiger partial charge < -0.3 is 15.0 Å². The van der Waals surface area contributed by atoms with E-state index < -0.39 is 0 Å². The molecule has 1 fully saturated rings. The molecule has 3 nitrogen and oxygen atoms in total. The average Bonchev–Trinajstić information content (AvgIpc) is 2.57. The summed E-state index contributed by atoms with van der Waals surface area (Å²) in [6, 6.07) is 19.5. The minimum Gasteiger partial charge on any atom is -0.379 e. The molecule has 3 heteroatoms. The van der Waals surface area contributed by atoms with Crippen molar-refractivity contribution in [1.29, 1.82) is 0 Å². The molecule has 1 heterocycles. The smallest absolute Gasteiger partial charge is 0.0642 e. The van der Waals surface area contributed by atoms with Gasteiger partial charge >= 0.3 is 0 Å². The lowest BCUT2D eigenvalue weighted by atomic mass is 10.1. The van der Waals surface area contributed by atoms with Crippen LogP contribution in [0.5, 0.6) is 0 Å². The van der Waals surface area contributed by atoms with E-state index in [4.69, 9.17) is 4.74 Å². The van der Waals surface area contributed by atoms with Crippen LogP contribution in [-0.2, 0) is 4.74 Å². The number of hydrogen-bond donors (Lipinski definition) is 1. The number of hydrogen-bond acceptors (Lipinski definition) is 3. The molecule has 1 N–H and O–H groups in total. The van der Waals surface area contributed by atoms with Gasteiger partial charge in [-0.1, -0.05) is 30.3 Å². The lowest BCUT2D eigenvalue weighted by Crippen LogP contribution is -2.36. The van der Waals surface area contributed by atoms with Gasteiger partial charge in [-0.2, -0.15) is 0 Å². The third kappa shape index (κ3) is 3.56. The zero-order chi connectivity index (χ0) is 14.5. The summed E-state index contributed by atoms with van der Waals surface area (Å²) in [7, 11) is 0. The number of morpholine rings is 1. The Hall–Kier alpha value is -2.00. The van der Waals surface area contributed by atoms with Crippen LogP contribution in [-0.4, -0.2) is 26.3 Å². The molecule has 1 aliphatic rings. The van der Waals surface area contributed by atoms with E-state index in [1.807, 2.05) is 6.07 Å². The van der Waals surface area contributed by atoms with Gasteiger partial charge in [0.25, 0.3) is 0 Å². The number of rotatable bonds is 4. The van der Waals surface area contributed by atoms with Crippen molar-refractivity contribution in [3.05, 3.63) is 60.2 Å². The summed E-state index contributed by atoms with van der Waals surface area (Å²) in [5.74, 6) is 0. The molecule has 0 spiro atoms. The molecule has 0 saturated carbocycles. The third-order valence-corrected chi connectivity index (χ3v) is 3.93. The highest BCUT2D eigenvalue weighted by molar-refractivity contribution is 5.56. The maximum atomic E-state index is 5.39. The number of anilines is 2. The van der Waals surface area contributed by atoms with E-state index in [0.29, 0.717) is 6.04 Å². The van der Waals surface area contributed by atoms with Gasteiger partial charge in [-0.3, -0.25) is 0 Å². The van der Waals surface area contributed by atoms with E-state index in [1.54, 1.807) is 0 Å². The first-order valence-electron chi connectivity index (χ1n) is 7.57. The number of benzene rings is 2. The average molecular weight is 282 g/mol. The van der Waals surface area contributed by atoms with Crippen molar-refractivity contribution < 1.29 is 4.74 Å². The van der Waals surface area contributed by atoms with Crippen LogP contribution in [0.1, 0.15) is 18.5 Å². The van der Waals surface area contributed by atoms with Gasteiger partial charge in [-0.15, -0.1) is 0 Å². The SMILES string of the molecule is CC(Nc1ccc(N2CCOCC2)cc1)c1ccccc1. The molecule has 1 atom stereocenters. The molecule has 1 saturated heterocycles. The summed E-state index contributed by atoms with van der Waals surface area (Å²) in [5, 5.41) is 3.55. The summed E-state index contributed by atoms with van der Waals surface area (Å²) < 4.78 is 5.39. The van der Waals surface area contributed by atoms with Gasteiger partial charge in [0.1, 0.15) is 0 Å². The number of nitrogens with zero attached hydrogens (tertiary/aromatic N) is 1. The van der Waals surface area contributed by atoms with Crippen molar-refractivity contribution in [2.45, 2.75) is 13.0 Å². The maximum Gasteiger partial charge on any atom is 0.0642 e. The van der Waals surface area contributed by atoms with Crippen molar-refractivity contribution in [3.8, 4) is 0 Å². The van der Waals surface area contributed by atoms with Gasteiger partial charge in [0.15, 0.2) is 0 Å². The van der Waals surface area contributed by atoms with E-state index in [9.17, 15) is 0 Å². The fourth-order valence-corrected chi connectivity index (χ4v) is 2.67. The van der Waals surface area contributed by atoms with Gasteiger partial charge in [0.05, 0.1) is 13.2 Å².